The zero-order chi connectivity index (χ0) is 18.2. The van der Waals surface area contributed by atoms with Crippen molar-refractivity contribution >= 4 is 46.7 Å². The van der Waals surface area contributed by atoms with Gasteiger partial charge >= 0.3 is 0 Å². The van der Waals surface area contributed by atoms with E-state index in [1.807, 2.05) is 13.0 Å². The monoisotopic (exact) mass is 397 g/mol. The van der Waals surface area contributed by atoms with Crippen LogP contribution in [0.15, 0.2) is 34.2 Å². The number of rotatable bonds is 8. The van der Waals surface area contributed by atoms with Crippen molar-refractivity contribution in [2.45, 2.75) is 31.2 Å². The summed E-state index contributed by atoms with van der Waals surface area (Å²) in [6, 6.07) is 6.84. The van der Waals surface area contributed by atoms with Crippen LogP contribution in [-0.2, 0) is 10.5 Å². The van der Waals surface area contributed by atoms with Crippen molar-refractivity contribution in [3.05, 3.63) is 50.9 Å². The maximum Gasteiger partial charge on any atom is 0.251 e. The number of aromatic amines is 1. The average molecular weight is 398 g/mol. The molecule has 1 heterocycles. The lowest BCUT2D eigenvalue weighted by Crippen LogP contribution is -2.16. The zero-order valence-electron chi connectivity index (χ0n) is 14.1. The van der Waals surface area contributed by atoms with Gasteiger partial charge in [-0.05, 0) is 36.8 Å². The van der Waals surface area contributed by atoms with Crippen LogP contribution >= 0.6 is 35.1 Å². The molecule has 2 aromatic rings. The van der Waals surface area contributed by atoms with Crippen molar-refractivity contribution in [3.8, 4) is 0 Å². The first-order chi connectivity index (χ1) is 12.0. The van der Waals surface area contributed by atoms with Gasteiger partial charge in [0, 0.05) is 22.5 Å². The van der Waals surface area contributed by atoms with Gasteiger partial charge in [-0.2, -0.15) is 11.8 Å². The number of benzene rings is 1. The Hall–Kier alpha value is -1.44. The number of halogens is 1. The van der Waals surface area contributed by atoms with Gasteiger partial charge in [-0.25, -0.2) is 4.98 Å². The van der Waals surface area contributed by atoms with Crippen LogP contribution in [0, 0.1) is 6.92 Å². The number of nitrogens with zero attached hydrogens (tertiary/aromatic N) is 1. The minimum absolute atomic E-state index is 0.153. The van der Waals surface area contributed by atoms with E-state index in [1.54, 1.807) is 23.9 Å². The number of aromatic nitrogens is 2. The maximum atomic E-state index is 12.1. The first-order valence-corrected chi connectivity index (χ1v) is 10.4. The number of carbonyl (C=O) groups is 1. The highest BCUT2D eigenvalue weighted by molar-refractivity contribution is 7.99. The summed E-state index contributed by atoms with van der Waals surface area (Å²) in [4.78, 5) is 30.9. The topological polar surface area (TPSA) is 74.8 Å². The van der Waals surface area contributed by atoms with Gasteiger partial charge in [-0.1, -0.05) is 36.4 Å². The molecular formula is C17H20ClN3O2S2. The molecule has 0 unspecified atom stereocenters. The Bertz CT molecular complexity index is 796. The molecule has 0 atom stereocenters. The Morgan fingerprint density at radius 3 is 2.92 bits per heavy atom. The molecule has 0 aliphatic carbocycles. The number of nitrogens with one attached hydrogen (secondary N) is 2. The van der Waals surface area contributed by atoms with Crippen molar-refractivity contribution in [2.24, 2.45) is 0 Å². The minimum atomic E-state index is -0.198. The van der Waals surface area contributed by atoms with Crippen molar-refractivity contribution < 1.29 is 4.79 Å². The zero-order valence-corrected chi connectivity index (χ0v) is 16.5. The summed E-state index contributed by atoms with van der Waals surface area (Å²) < 4.78 is 0. The number of aryl methyl sites for hydroxylation is 1. The number of hydrogen-bond acceptors (Lipinski definition) is 5. The van der Waals surface area contributed by atoms with E-state index >= 15 is 0 Å². The number of H-pyrrole nitrogens is 1. The Labute approximate surface area is 160 Å². The third kappa shape index (κ3) is 6.76. The van der Waals surface area contributed by atoms with Crippen LogP contribution in [0.5, 0.6) is 0 Å². The third-order valence-electron chi connectivity index (χ3n) is 3.19. The van der Waals surface area contributed by atoms with Gasteiger partial charge in [-0.15, -0.1) is 0 Å². The van der Waals surface area contributed by atoms with Gasteiger partial charge in [0.15, 0.2) is 5.16 Å². The van der Waals surface area contributed by atoms with E-state index in [2.05, 4.69) is 22.2 Å². The number of anilines is 1. The number of hydrogen-bond donors (Lipinski definition) is 2. The number of amides is 1. The quantitative estimate of drug-likeness (QED) is 0.398. The molecule has 2 rings (SSSR count). The fourth-order valence-electron chi connectivity index (χ4n) is 2.00. The predicted molar refractivity (Wildman–Crippen MR) is 107 cm³/mol. The first kappa shape index (κ1) is 19.9. The van der Waals surface area contributed by atoms with Crippen molar-refractivity contribution in [2.75, 3.05) is 16.8 Å². The highest BCUT2D eigenvalue weighted by Gasteiger charge is 2.09. The van der Waals surface area contributed by atoms with Crippen LogP contribution in [-0.4, -0.2) is 27.4 Å². The predicted octanol–water partition coefficient (Wildman–Crippen LogP) is 4.11. The molecule has 134 valence electrons. The molecule has 0 saturated heterocycles. The molecule has 1 aromatic carbocycles. The van der Waals surface area contributed by atoms with Crippen LogP contribution < -0.4 is 10.9 Å². The molecule has 1 aromatic heterocycles. The van der Waals surface area contributed by atoms with Crippen LogP contribution in [0.3, 0.4) is 0 Å². The molecule has 0 saturated carbocycles. The van der Waals surface area contributed by atoms with Gasteiger partial charge in [0.25, 0.3) is 5.56 Å². The van der Waals surface area contributed by atoms with Crippen LogP contribution in [0.4, 0.5) is 5.69 Å². The number of carbonyl (C=O) groups excluding carboxylic acids is 1. The Kier molecular flexibility index (Phi) is 7.87. The van der Waals surface area contributed by atoms with Gasteiger partial charge < -0.3 is 10.3 Å². The van der Waals surface area contributed by atoms with Gasteiger partial charge in [0.2, 0.25) is 5.91 Å². The smallest absolute Gasteiger partial charge is 0.251 e. The van der Waals surface area contributed by atoms with Gasteiger partial charge in [0.1, 0.15) is 0 Å². The summed E-state index contributed by atoms with van der Waals surface area (Å²) in [5.41, 5.74) is 2.15. The molecule has 5 nitrogen and oxygen atoms in total. The summed E-state index contributed by atoms with van der Waals surface area (Å²) in [5, 5.41) is 3.85. The van der Waals surface area contributed by atoms with E-state index in [0.717, 1.165) is 23.4 Å². The normalized spacial score (nSPS) is 10.7. The van der Waals surface area contributed by atoms with Crippen molar-refractivity contribution in [1.82, 2.24) is 9.97 Å². The second-order valence-electron chi connectivity index (χ2n) is 5.39. The van der Waals surface area contributed by atoms with Crippen molar-refractivity contribution in [3.63, 3.8) is 0 Å². The van der Waals surface area contributed by atoms with Crippen LogP contribution in [0.1, 0.15) is 24.6 Å². The fourth-order valence-corrected chi connectivity index (χ4v) is 3.65. The van der Waals surface area contributed by atoms with E-state index < -0.39 is 0 Å². The third-order valence-corrected chi connectivity index (χ3v) is 5.49. The summed E-state index contributed by atoms with van der Waals surface area (Å²) in [5.74, 6) is 1.70. The van der Waals surface area contributed by atoms with Crippen LogP contribution in [0.2, 0.25) is 5.02 Å². The Morgan fingerprint density at radius 1 is 1.36 bits per heavy atom. The fraction of sp³-hybridized carbons (Fsp3) is 0.353. The molecule has 0 aliphatic heterocycles. The second kappa shape index (κ2) is 9.89. The molecule has 0 radical (unpaired) electrons. The number of thioether (sulfide) groups is 2. The standard InChI is InChI=1S/C17H20ClN3O2S2/c1-3-6-24-9-13-8-15(22)21-17(19-13)25-10-16(23)20-14-7-12(18)5-4-11(14)2/h4-5,7-8H,3,6,9-10H2,1-2H3,(H,20,23)(H,19,21,22). The lowest BCUT2D eigenvalue weighted by atomic mass is 10.2. The van der Waals surface area contributed by atoms with Crippen LogP contribution in [0.25, 0.3) is 0 Å². The highest BCUT2D eigenvalue weighted by atomic mass is 35.5. The molecule has 0 aliphatic rings. The molecular weight excluding hydrogens is 378 g/mol. The summed E-state index contributed by atoms with van der Waals surface area (Å²) in [6.45, 7) is 4.01. The molecule has 0 bridgehead atoms. The maximum absolute atomic E-state index is 12.1. The molecule has 1 amide bonds. The van der Waals surface area contributed by atoms with Gasteiger partial charge in [0.05, 0.1) is 11.4 Å². The van der Waals surface area contributed by atoms with Crippen molar-refractivity contribution in [1.29, 1.82) is 0 Å². The van der Waals surface area contributed by atoms with E-state index in [9.17, 15) is 9.59 Å². The largest absolute Gasteiger partial charge is 0.325 e. The molecule has 0 spiro atoms. The summed E-state index contributed by atoms with van der Waals surface area (Å²) in [6.07, 6.45) is 1.08. The lowest BCUT2D eigenvalue weighted by molar-refractivity contribution is -0.113. The van der Waals surface area contributed by atoms with E-state index in [0.29, 0.717) is 21.6 Å². The SMILES string of the molecule is CCCSCc1cc(=O)[nH]c(SCC(=O)Nc2cc(Cl)ccc2C)n1. The summed E-state index contributed by atoms with van der Waals surface area (Å²) >= 11 is 8.89. The second-order valence-corrected chi connectivity index (χ2v) is 7.90. The molecule has 8 heteroatoms. The Morgan fingerprint density at radius 2 is 2.16 bits per heavy atom. The molecule has 25 heavy (non-hydrogen) atoms. The first-order valence-electron chi connectivity index (χ1n) is 7.84. The van der Waals surface area contributed by atoms with E-state index in [-0.39, 0.29) is 17.2 Å². The van der Waals surface area contributed by atoms with Gasteiger partial charge in [-0.3, -0.25) is 9.59 Å². The minimum Gasteiger partial charge on any atom is -0.325 e. The lowest BCUT2D eigenvalue weighted by Gasteiger charge is -2.09. The highest BCUT2D eigenvalue weighted by Crippen LogP contribution is 2.21. The molecule has 0 fully saturated rings. The van der Waals surface area contributed by atoms with E-state index in [4.69, 9.17) is 11.6 Å². The van der Waals surface area contributed by atoms with E-state index in [1.165, 1.54) is 17.8 Å². The Balaban J connectivity index is 1.94. The average Bonchev–Trinajstić information content (AvgIpc) is 2.56. The summed E-state index contributed by atoms with van der Waals surface area (Å²) in [7, 11) is 0. The molecule has 2 N–H and O–H groups in total.